The van der Waals surface area contributed by atoms with Crippen molar-refractivity contribution < 1.29 is 19.4 Å². The minimum Gasteiger partial charge on any atom is -0.507 e. The summed E-state index contributed by atoms with van der Waals surface area (Å²) in [5.74, 6) is 1.21. The fraction of sp³-hybridized carbons (Fsp3) is 0.370. The summed E-state index contributed by atoms with van der Waals surface area (Å²) in [6, 6.07) is 13.0. The molecule has 4 rings (SSSR count). The molecular weight excluding hydrogens is 444 g/mol. The summed E-state index contributed by atoms with van der Waals surface area (Å²) in [6.07, 6.45) is 4.38. The molecule has 1 atom stereocenters. The number of para-hydroxylation sites is 1. The Hall–Kier alpha value is -3.65. The highest BCUT2D eigenvalue weighted by atomic mass is 16.6. The summed E-state index contributed by atoms with van der Waals surface area (Å²) >= 11 is 0. The number of aromatic hydroxyl groups is 1. The SMILES string of the molecule is COC/C=C/c1ccc2c(N[C@H]3CCN(C(=O)OC(C)(C)C)C3)nc(-c3ccccc3O)nc2c1. The van der Waals surface area contributed by atoms with Crippen molar-refractivity contribution in [2.45, 2.75) is 38.8 Å². The van der Waals surface area contributed by atoms with E-state index in [-0.39, 0.29) is 17.9 Å². The molecule has 0 saturated carbocycles. The van der Waals surface area contributed by atoms with E-state index in [9.17, 15) is 9.90 Å². The molecule has 1 aliphatic rings. The average Bonchev–Trinajstić information content (AvgIpc) is 3.27. The van der Waals surface area contributed by atoms with E-state index < -0.39 is 5.60 Å². The van der Waals surface area contributed by atoms with Crippen LogP contribution in [0.3, 0.4) is 0 Å². The topological polar surface area (TPSA) is 96.8 Å². The molecule has 0 radical (unpaired) electrons. The number of carbonyl (C=O) groups excluding carboxylic acids is 1. The second kappa shape index (κ2) is 10.3. The molecule has 2 heterocycles. The molecule has 1 aliphatic heterocycles. The van der Waals surface area contributed by atoms with Crippen LogP contribution in [0, 0.1) is 0 Å². The van der Waals surface area contributed by atoms with E-state index in [1.807, 2.05) is 57.2 Å². The molecule has 1 aromatic heterocycles. The molecule has 35 heavy (non-hydrogen) atoms. The summed E-state index contributed by atoms with van der Waals surface area (Å²) in [5, 5.41) is 14.8. The minimum atomic E-state index is -0.534. The van der Waals surface area contributed by atoms with E-state index in [1.165, 1.54) is 0 Å². The van der Waals surface area contributed by atoms with Crippen molar-refractivity contribution in [3.05, 3.63) is 54.1 Å². The summed E-state index contributed by atoms with van der Waals surface area (Å²) < 4.78 is 10.6. The van der Waals surface area contributed by atoms with Crippen molar-refractivity contribution in [1.29, 1.82) is 0 Å². The van der Waals surface area contributed by atoms with Crippen LogP contribution >= 0.6 is 0 Å². The first-order chi connectivity index (χ1) is 16.7. The third-order valence-corrected chi connectivity index (χ3v) is 5.62. The van der Waals surface area contributed by atoms with Crippen LogP contribution in [-0.2, 0) is 9.47 Å². The molecule has 1 amide bonds. The number of carbonyl (C=O) groups is 1. The second-order valence-corrected chi connectivity index (χ2v) is 9.60. The van der Waals surface area contributed by atoms with Gasteiger partial charge in [-0.15, -0.1) is 0 Å². The molecule has 0 spiro atoms. The number of phenols is 1. The van der Waals surface area contributed by atoms with E-state index in [0.29, 0.717) is 36.9 Å². The number of amides is 1. The Morgan fingerprint density at radius 2 is 2.03 bits per heavy atom. The molecule has 0 bridgehead atoms. The Morgan fingerprint density at radius 3 is 2.77 bits per heavy atom. The Balaban J connectivity index is 1.65. The van der Waals surface area contributed by atoms with Crippen molar-refractivity contribution in [3.63, 3.8) is 0 Å². The average molecular weight is 477 g/mol. The number of rotatable bonds is 6. The Morgan fingerprint density at radius 1 is 1.23 bits per heavy atom. The normalized spacial score (nSPS) is 16.2. The fourth-order valence-corrected chi connectivity index (χ4v) is 3.99. The number of fused-ring (bicyclic) bond motifs is 1. The number of phenolic OH excluding ortho intramolecular Hbond substituents is 1. The Bertz CT molecular complexity index is 1240. The first-order valence-corrected chi connectivity index (χ1v) is 11.7. The zero-order chi connectivity index (χ0) is 25.0. The largest absolute Gasteiger partial charge is 0.507 e. The number of hydrogen-bond donors (Lipinski definition) is 2. The number of nitrogens with zero attached hydrogens (tertiary/aromatic N) is 3. The van der Waals surface area contributed by atoms with Crippen LogP contribution in [0.15, 0.2) is 48.5 Å². The van der Waals surface area contributed by atoms with Crippen LogP contribution < -0.4 is 5.32 Å². The summed E-state index contributed by atoms with van der Waals surface area (Å²) in [7, 11) is 1.65. The van der Waals surface area contributed by atoms with Crippen LogP contribution in [0.5, 0.6) is 5.75 Å². The first kappa shape index (κ1) is 24.5. The van der Waals surface area contributed by atoms with Gasteiger partial charge in [0.25, 0.3) is 0 Å². The van der Waals surface area contributed by atoms with E-state index in [2.05, 4.69) is 5.32 Å². The molecule has 2 N–H and O–H groups in total. The Labute approximate surface area is 205 Å². The number of anilines is 1. The number of nitrogens with one attached hydrogen (secondary N) is 1. The lowest BCUT2D eigenvalue weighted by Gasteiger charge is -2.24. The van der Waals surface area contributed by atoms with Gasteiger partial charge in [-0.1, -0.05) is 30.4 Å². The number of methoxy groups -OCH3 is 1. The summed E-state index contributed by atoms with van der Waals surface area (Å²) in [4.78, 5) is 23.7. The van der Waals surface area contributed by atoms with Gasteiger partial charge in [-0.05, 0) is 57.0 Å². The zero-order valence-corrected chi connectivity index (χ0v) is 20.6. The number of benzene rings is 2. The third-order valence-electron chi connectivity index (χ3n) is 5.62. The predicted octanol–water partition coefficient (Wildman–Crippen LogP) is 5.08. The molecule has 0 unspecified atom stereocenters. The highest BCUT2D eigenvalue weighted by Crippen LogP contribution is 2.31. The third kappa shape index (κ3) is 6.08. The number of hydrogen-bond acceptors (Lipinski definition) is 7. The van der Waals surface area contributed by atoms with Crippen molar-refractivity contribution in [2.75, 3.05) is 32.1 Å². The maximum Gasteiger partial charge on any atom is 0.410 e. The molecule has 1 fully saturated rings. The highest BCUT2D eigenvalue weighted by Gasteiger charge is 2.30. The molecular formula is C27H32N4O4. The second-order valence-electron chi connectivity index (χ2n) is 9.60. The van der Waals surface area contributed by atoms with Crippen LogP contribution in [0.1, 0.15) is 32.8 Å². The van der Waals surface area contributed by atoms with Gasteiger partial charge in [0.2, 0.25) is 0 Å². The zero-order valence-electron chi connectivity index (χ0n) is 20.6. The number of aromatic nitrogens is 2. The van der Waals surface area contributed by atoms with Gasteiger partial charge in [0.15, 0.2) is 5.82 Å². The van der Waals surface area contributed by atoms with E-state index in [0.717, 1.165) is 22.9 Å². The Kier molecular flexibility index (Phi) is 7.21. The maximum absolute atomic E-state index is 12.5. The summed E-state index contributed by atoms with van der Waals surface area (Å²) in [5.41, 5.74) is 1.76. The minimum absolute atomic E-state index is 0.0131. The lowest BCUT2D eigenvalue weighted by atomic mass is 10.1. The number of likely N-dealkylation sites (tertiary alicyclic amines) is 1. The summed E-state index contributed by atoms with van der Waals surface area (Å²) in [6.45, 7) is 7.24. The van der Waals surface area contributed by atoms with Crippen molar-refractivity contribution in [2.24, 2.45) is 0 Å². The van der Waals surface area contributed by atoms with Gasteiger partial charge in [0, 0.05) is 31.6 Å². The van der Waals surface area contributed by atoms with Crippen molar-refractivity contribution in [1.82, 2.24) is 14.9 Å². The van der Waals surface area contributed by atoms with Gasteiger partial charge < -0.3 is 24.8 Å². The van der Waals surface area contributed by atoms with Crippen LogP contribution in [0.4, 0.5) is 10.6 Å². The lowest BCUT2D eigenvalue weighted by Crippen LogP contribution is -2.36. The van der Waals surface area contributed by atoms with Crippen LogP contribution in [0.25, 0.3) is 28.4 Å². The molecule has 2 aromatic carbocycles. The molecule has 184 valence electrons. The lowest BCUT2D eigenvalue weighted by molar-refractivity contribution is 0.0293. The highest BCUT2D eigenvalue weighted by molar-refractivity contribution is 5.92. The maximum atomic E-state index is 12.5. The van der Waals surface area contributed by atoms with Gasteiger partial charge in [0.1, 0.15) is 17.2 Å². The first-order valence-electron chi connectivity index (χ1n) is 11.7. The molecule has 3 aromatic rings. The standard InChI is InChI=1S/C27H32N4O4/c1-27(2,3)35-26(33)31-14-13-19(17-31)28-24-20-12-11-18(8-7-15-34-4)16-22(20)29-25(30-24)21-9-5-6-10-23(21)32/h5-12,16,19,32H,13-15,17H2,1-4H3,(H,28,29,30)/b8-7+/t19-/m0/s1. The van der Waals surface area contributed by atoms with E-state index in [1.54, 1.807) is 30.2 Å². The number of ether oxygens (including phenoxy) is 2. The fourth-order valence-electron chi connectivity index (χ4n) is 3.99. The van der Waals surface area contributed by atoms with Gasteiger partial charge >= 0.3 is 6.09 Å². The van der Waals surface area contributed by atoms with Gasteiger partial charge in [-0.2, -0.15) is 0 Å². The smallest absolute Gasteiger partial charge is 0.410 e. The molecule has 0 aliphatic carbocycles. The van der Waals surface area contributed by atoms with Gasteiger partial charge in [-0.3, -0.25) is 0 Å². The monoisotopic (exact) mass is 476 g/mol. The quantitative estimate of drug-likeness (QED) is 0.512. The molecule has 8 nitrogen and oxygen atoms in total. The van der Waals surface area contributed by atoms with E-state index >= 15 is 0 Å². The predicted molar refractivity (Wildman–Crippen MR) is 137 cm³/mol. The van der Waals surface area contributed by atoms with Crippen LogP contribution in [-0.4, -0.2) is 64.5 Å². The molecule has 1 saturated heterocycles. The van der Waals surface area contributed by atoms with Crippen LogP contribution in [0.2, 0.25) is 0 Å². The van der Waals surface area contributed by atoms with Gasteiger partial charge in [0.05, 0.1) is 17.7 Å². The van der Waals surface area contributed by atoms with E-state index in [4.69, 9.17) is 19.4 Å². The molecule has 8 heteroatoms. The van der Waals surface area contributed by atoms with Gasteiger partial charge in [-0.25, -0.2) is 14.8 Å². The van der Waals surface area contributed by atoms with Crippen molar-refractivity contribution in [3.8, 4) is 17.1 Å². The van der Waals surface area contributed by atoms with Crippen molar-refractivity contribution >= 4 is 28.9 Å².